The zero-order valence-corrected chi connectivity index (χ0v) is 65.0. The summed E-state index contributed by atoms with van der Waals surface area (Å²) in [5.74, 6) is 2.99. The van der Waals surface area contributed by atoms with E-state index in [0.29, 0.717) is 132 Å². The smallest absolute Gasteiger partial charge is 0.119 e. The van der Waals surface area contributed by atoms with Crippen molar-refractivity contribution in [2.45, 2.75) is 33.1 Å². The van der Waals surface area contributed by atoms with E-state index in [2.05, 4.69) is 262 Å². The topological polar surface area (TPSA) is 124 Å². The number of benzene rings is 12. The average Bonchev–Trinajstić information content (AvgIpc) is 1.50. The van der Waals surface area contributed by atoms with E-state index >= 15 is 0 Å². The summed E-state index contributed by atoms with van der Waals surface area (Å²) in [6.45, 7) is 18.2. The Morgan fingerprint density at radius 3 is 0.566 bits per heavy atom. The highest BCUT2D eigenvalue weighted by Crippen LogP contribution is 2.66. The number of nitrogens with zero attached hydrogens (tertiary/aromatic N) is 4. The van der Waals surface area contributed by atoms with Crippen molar-refractivity contribution < 1.29 is 56.8 Å². The SMILES string of the molecule is CCOCCOCCOc1ccc(N(c2ccccc2)c2ccc3c(c2)C2(c4cc(N(c5ccccc5)c5ccc(OCCOCCOCC)cc5)ccc4-3)c3cc(N(c4ccccc4)c4ccc(OCCOCCOCC)cc4)ccc3-c3ccc(N(c4ccccc4)c4ccc(OCCOCCOCC)cc4)cc32)cc1. The minimum absolute atomic E-state index is 0.403. The van der Waals surface area contributed by atoms with Gasteiger partial charge >= 0.3 is 0 Å². The predicted octanol–water partition coefficient (Wildman–Crippen LogP) is 21.6. The molecule has 0 fully saturated rings. The van der Waals surface area contributed by atoms with Gasteiger partial charge in [-0.05, 0) is 266 Å². The maximum Gasteiger partial charge on any atom is 0.119 e. The van der Waals surface area contributed by atoms with Crippen LogP contribution in [0.15, 0.2) is 291 Å². The second-order valence-corrected chi connectivity index (χ2v) is 27.0. The molecule has 0 saturated carbocycles. The molecule has 0 aliphatic heterocycles. The van der Waals surface area contributed by atoms with Crippen LogP contribution in [0, 0.1) is 0 Å². The highest BCUT2D eigenvalue weighted by Gasteiger charge is 2.53. The Labute approximate surface area is 665 Å². The van der Waals surface area contributed by atoms with Crippen molar-refractivity contribution in [2.75, 3.05) is 152 Å². The van der Waals surface area contributed by atoms with E-state index in [9.17, 15) is 0 Å². The zero-order chi connectivity index (χ0) is 77.2. The fraction of sp³-hybridized carbons (Fsp3) is 0.258. The van der Waals surface area contributed by atoms with E-state index in [1.54, 1.807) is 0 Å². The first-order chi connectivity index (χ1) is 55.9. The Morgan fingerprint density at radius 2 is 0.363 bits per heavy atom. The van der Waals surface area contributed by atoms with Crippen molar-refractivity contribution in [2.24, 2.45) is 0 Å². The molecule has 2 aliphatic carbocycles. The molecule has 12 aromatic carbocycles. The van der Waals surface area contributed by atoms with Gasteiger partial charge in [0.2, 0.25) is 0 Å². The third-order valence-corrected chi connectivity index (χ3v) is 20.0. The van der Waals surface area contributed by atoms with Crippen LogP contribution in [0.4, 0.5) is 68.2 Å². The van der Waals surface area contributed by atoms with Crippen molar-refractivity contribution in [3.8, 4) is 45.3 Å². The number of fused-ring (bicyclic) bond motifs is 10. The first-order valence-corrected chi connectivity index (χ1v) is 39.5. The second-order valence-electron chi connectivity index (χ2n) is 27.0. The third kappa shape index (κ3) is 18.8. The molecule has 12 aromatic rings. The van der Waals surface area contributed by atoms with Gasteiger partial charge in [0.15, 0.2) is 0 Å². The van der Waals surface area contributed by atoms with Crippen molar-refractivity contribution in [3.05, 3.63) is 313 Å². The summed E-state index contributed by atoms with van der Waals surface area (Å²) in [7, 11) is 0. The Morgan fingerprint density at radius 1 is 0.186 bits per heavy atom. The van der Waals surface area contributed by atoms with Gasteiger partial charge in [0.1, 0.15) is 49.4 Å². The number of anilines is 12. The summed E-state index contributed by atoms with van der Waals surface area (Å²) in [5.41, 5.74) is 19.7. The van der Waals surface area contributed by atoms with Crippen LogP contribution < -0.4 is 38.5 Å². The van der Waals surface area contributed by atoms with Crippen LogP contribution in [0.25, 0.3) is 22.3 Å². The average molecular weight is 1510 g/mol. The van der Waals surface area contributed by atoms with Crippen LogP contribution in [0.1, 0.15) is 49.9 Å². The first kappa shape index (κ1) is 78.4. The molecule has 0 amide bonds. The van der Waals surface area contributed by atoms with E-state index in [1.807, 2.05) is 76.2 Å². The minimum atomic E-state index is -1.02. The molecule has 2 aliphatic rings. The van der Waals surface area contributed by atoms with Gasteiger partial charge in [0.25, 0.3) is 0 Å². The van der Waals surface area contributed by atoms with Gasteiger partial charge in [-0.15, -0.1) is 0 Å². The molecular formula is C97H100N4O12. The van der Waals surface area contributed by atoms with E-state index in [0.717, 1.165) is 136 Å². The fourth-order valence-corrected chi connectivity index (χ4v) is 14.9. The van der Waals surface area contributed by atoms with Crippen LogP contribution in [0.5, 0.6) is 23.0 Å². The highest BCUT2D eigenvalue weighted by molar-refractivity contribution is 6.00. The summed E-state index contributed by atoms with van der Waals surface area (Å²) in [5, 5.41) is 0. The van der Waals surface area contributed by atoms with Crippen molar-refractivity contribution in [3.63, 3.8) is 0 Å². The summed E-state index contributed by atoms with van der Waals surface area (Å²) in [4.78, 5) is 9.42. The van der Waals surface area contributed by atoms with E-state index in [-0.39, 0.29) is 0 Å². The summed E-state index contributed by atoms with van der Waals surface area (Å²) in [6.07, 6.45) is 0. The first-order valence-electron chi connectivity index (χ1n) is 39.5. The van der Waals surface area contributed by atoms with Crippen LogP contribution in [-0.4, -0.2) is 132 Å². The highest BCUT2D eigenvalue weighted by atomic mass is 16.6. The van der Waals surface area contributed by atoms with Crippen molar-refractivity contribution in [1.29, 1.82) is 0 Å². The second kappa shape index (κ2) is 39.8. The number of para-hydroxylation sites is 4. The van der Waals surface area contributed by atoms with Crippen molar-refractivity contribution >= 4 is 68.2 Å². The molecule has 0 unspecified atom stereocenters. The molecule has 0 bridgehead atoms. The van der Waals surface area contributed by atoms with Gasteiger partial charge in [-0.2, -0.15) is 0 Å². The van der Waals surface area contributed by atoms with Gasteiger partial charge in [0.05, 0.1) is 84.7 Å². The molecule has 14 rings (SSSR count). The molecule has 0 radical (unpaired) electrons. The summed E-state index contributed by atoms with van der Waals surface area (Å²) in [6, 6.07) is 104. The molecular weight excluding hydrogens is 1410 g/mol. The Bertz CT molecular complexity index is 4290. The monoisotopic (exact) mass is 1510 g/mol. The van der Waals surface area contributed by atoms with Gasteiger partial charge in [-0.1, -0.05) is 97.1 Å². The summed E-state index contributed by atoms with van der Waals surface area (Å²) >= 11 is 0. The minimum Gasteiger partial charge on any atom is -0.491 e. The van der Waals surface area contributed by atoms with E-state index in [1.165, 1.54) is 0 Å². The van der Waals surface area contributed by atoms with E-state index in [4.69, 9.17) is 56.8 Å². The molecule has 0 aromatic heterocycles. The Kier molecular flexibility index (Phi) is 27.6. The normalized spacial score (nSPS) is 12.1. The van der Waals surface area contributed by atoms with Gasteiger partial charge in [-0.25, -0.2) is 0 Å². The molecule has 16 nitrogen and oxygen atoms in total. The number of rotatable bonds is 44. The van der Waals surface area contributed by atoms with Crippen LogP contribution >= 0.6 is 0 Å². The van der Waals surface area contributed by atoms with Gasteiger partial charge < -0.3 is 76.4 Å². The van der Waals surface area contributed by atoms with Crippen LogP contribution in [0.2, 0.25) is 0 Å². The lowest BCUT2D eigenvalue weighted by Gasteiger charge is -2.35. The van der Waals surface area contributed by atoms with Gasteiger partial charge in [0, 0.05) is 94.7 Å². The van der Waals surface area contributed by atoms with Crippen molar-refractivity contribution in [1.82, 2.24) is 0 Å². The van der Waals surface area contributed by atoms with E-state index < -0.39 is 5.41 Å². The van der Waals surface area contributed by atoms with Crippen LogP contribution in [0.3, 0.4) is 0 Å². The predicted molar refractivity (Wildman–Crippen MR) is 453 cm³/mol. The zero-order valence-electron chi connectivity index (χ0n) is 65.0. The standard InChI is InChI=1S/C97H100N4O12/c1-5-102-53-57-106-61-65-110-85-41-29-77(30-42-85)98(73-21-13-9-14-22-73)81-37-49-89-90-50-38-82(99(74-23-15-10-16-24-74)78-31-43-86(44-32-78)111-66-62-107-58-54-103-6-2)70-94(90)97(93(89)69-81)95-71-83(100(75-25-17-11-18-26-75)79-33-45-87(46-34-79)112-67-63-108-59-55-104-7-3)39-51-91(95)92-52-40-84(72-96(92)97)101(76-27-19-12-20-28-76)80-35-47-88(48-36-80)113-68-64-109-60-56-105-8-4/h9-52,69-72H,5-8,53-68H2,1-4H3. The lowest BCUT2D eigenvalue weighted by Crippen LogP contribution is -2.27. The Hall–Kier alpha value is -11.3. The summed E-state index contributed by atoms with van der Waals surface area (Å²) < 4.78 is 70.6. The lowest BCUT2D eigenvalue weighted by atomic mass is 9.70. The lowest BCUT2D eigenvalue weighted by molar-refractivity contribution is 0.0405. The molecule has 113 heavy (non-hydrogen) atoms. The Balaban J connectivity index is 0.961. The number of hydrogen-bond acceptors (Lipinski definition) is 16. The molecule has 16 heteroatoms. The molecule has 0 N–H and O–H groups in total. The molecule has 580 valence electrons. The number of ether oxygens (including phenoxy) is 12. The quantitative estimate of drug-likeness (QED) is 0.0336. The largest absolute Gasteiger partial charge is 0.491 e. The number of hydrogen-bond donors (Lipinski definition) is 0. The fourth-order valence-electron chi connectivity index (χ4n) is 14.9. The maximum atomic E-state index is 6.31. The third-order valence-electron chi connectivity index (χ3n) is 20.0. The molecule has 1 spiro atoms. The molecule has 0 atom stereocenters. The van der Waals surface area contributed by atoms with Crippen LogP contribution in [-0.2, 0) is 43.3 Å². The molecule has 0 heterocycles. The maximum absolute atomic E-state index is 6.31. The molecule has 0 saturated heterocycles. The van der Waals surface area contributed by atoms with Gasteiger partial charge in [-0.3, -0.25) is 0 Å².